The fourth-order valence-corrected chi connectivity index (χ4v) is 1.75. The molecule has 1 aromatic heterocycles. The van der Waals surface area contributed by atoms with Crippen molar-refractivity contribution in [3.63, 3.8) is 0 Å². The topological polar surface area (TPSA) is 39.2 Å². The molecule has 3 nitrogen and oxygen atoms in total. The number of pyridine rings is 1. The summed E-state index contributed by atoms with van der Waals surface area (Å²) >= 11 is 5.80. The number of carbonyl (C=O) groups excluding carboxylic acids is 1. The van der Waals surface area contributed by atoms with Crippen LogP contribution in [0.15, 0.2) is 42.7 Å². The van der Waals surface area contributed by atoms with Crippen LogP contribution in [0.25, 0.3) is 0 Å². The minimum atomic E-state index is 0.466. The number of hydrogen-bond acceptors (Lipinski definition) is 3. The molecule has 0 aliphatic rings. The minimum absolute atomic E-state index is 0.466. The Bertz CT molecular complexity index is 529. The van der Waals surface area contributed by atoms with Gasteiger partial charge in [-0.15, -0.1) is 0 Å². The van der Waals surface area contributed by atoms with Gasteiger partial charge in [0.1, 0.15) is 5.75 Å². The Balaban J connectivity index is 1.96. The number of benzene rings is 1. The Hall–Kier alpha value is -1.87. The molecule has 0 fully saturated rings. The van der Waals surface area contributed by atoms with E-state index in [-0.39, 0.29) is 0 Å². The van der Waals surface area contributed by atoms with Gasteiger partial charge >= 0.3 is 0 Å². The van der Waals surface area contributed by atoms with E-state index >= 15 is 0 Å². The van der Waals surface area contributed by atoms with Crippen LogP contribution < -0.4 is 4.74 Å². The van der Waals surface area contributed by atoms with Crippen molar-refractivity contribution in [3.05, 3.63) is 58.9 Å². The molecule has 1 heterocycles. The van der Waals surface area contributed by atoms with Gasteiger partial charge in [-0.2, -0.15) is 0 Å². The molecule has 0 unspecified atom stereocenters. The summed E-state index contributed by atoms with van der Waals surface area (Å²) in [5, 5.41) is 0.525. The van der Waals surface area contributed by atoms with Crippen molar-refractivity contribution >= 4 is 17.9 Å². The normalized spacial score (nSPS) is 10.1. The maximum Gasteiger partial charge on any atom is 0.153 e. The van der Waals surface area contributed by atoms with Crippen molar-refractivity contribution in [1.29, 1.82) is 0 Å². The molecule has 0 spiro atoms. The van der Waals surface area contributed by atoms with E-state index in [0.717, 1.165) is 18.3 Å². The molecular weight excluding hydrogens is 250 g/mol. The number of carbonyl (C=O) groups is 1. The van der Waals surface area contributed by atoms with E-state index < -0.39 is 0 Å². The first-order valence-corrected chi connectivity index (χ1v) is 5.94. The first-order valence-electron chi connectivity index (χ1n) is 5.56. The monoisotopic (exact) mass is 261 g/mol. The van der Waals surface area contributed by atoms with Crippen LogP contribution in [0.1, 0.15) is 15.9 Å². The van der Waals surface area contributed by atoms with Crippen LogP contribution >= 0.6 is 11.6 Å². The summed E-state index contributed by atoms with van der Waals surface area (Å²) in [4.78, 5) is 14.9. The second-order valence-electron chi connectivity index (χ2n) is 3.76. The largest absolute Gasteiger partial charge is 0.492 e. The maximum atomic E-state index is 10.9. The number of aromatic nitrogens is 1. The Morgan fingerprint density at radius 1 is 1.33 bits per heavy atom. The van der Waals surface area contributed by atoms with Crippen LogP contribution in [0.2, 0.25) is 5.02 Å². The fraction of sp³-hybridized carbons (Fsp3) is 0.143. The molecule has 0 saturated carbocycles. The summed E-state index contributed by atoms with van der Waals surface area (Å²) in [6.07, 6.45) is 5.01. The lowest BCUT2D eigenvalue weighted by atomic mass is 10.2. The van der Waals surface area contributed by atoms with Gasteiger partial charge < -0.3 is 4.74 Å². The highest BCUT2D eigenvalue weighted by Crippen LogP contribution is 2.21. The average Bonchev–Trinajstić information content (AvgIpc) is 2.41. The van der Waals surface area contributed by atoms with Crippen molar-refractivity contribution < 1.29 is 9.53 Å². The first-order chi connectivity index (χ1) is 8.79. The summed E-state index contributed by atoms with van der Waals surface area (Å²) in [6, 6.07) is 8.87. The van der Waals surface area contributed by atoms with Gasteiger partial charge in [0.05, 0.1) is 12.2 Å². The second-order valence-corrected chi connectivity index (χ2v) is 4.20. The molecule has 0 radical (unpaired) electrons. The summed E-state index contributed by atoms with van der Waals surface area (Å²) in [7, 11) is 0. The first kappa shape index (κ1) is 12.6. The zero-order valence-electron chi connectivity index (χ0n) is 9.67. The number of ether oxygens (including phenoxy) is 1. The summed E-state index contributed by atoms with van der Waals surface area (Å²) in [6.45, 7) is 0.494. The van der Waals surface area contributed by atoms with E-state index in [1.807, 2.05) is 12.1 Å². The van der Waals surface area contributed by atoms with Crippen LogP contribution in [0, 0.1) is 0 Å². The Morgan fingerprint density at radius 3 is 2.94 bits per heavy atom. The molecule has 1 aromatic carbocycles. The Kier molecular flexibility index (Phi) is 4.31. The number of nitrogens with zero attached hydrogens (tertiary/aromatic N) is 1. The predicted molar refractivity (Wildman–Crippen MR) is 70.3 cm³/mol. The van der Waals surface area contributed by atoms with Crippen molar-refractivity contribution in [1.82, 2.24) is 4.98 Å². The Labute approximate surface area is 110 Å². The molecule has 0 N–H and O–H groups in total. The zero-order chi connectivity index (χ0) is 12.8. The lowest BCUT2D eigenvalue weighted by Crippen LogP contribution is -2.03. The quantitative estimate of drug-likeness (QED) is 0.776. The zero-order valence-corrected chi connectivity index (χ0v) is 10.4. The molecule has 0 aliphatic heterocycles. The molecule has 0 atom stereocenters. The standard InChI is InChI=1S/C14H12ClNO2/c15-13-3-4-14(12(8-13)10-17)18-7-5-11-2-1-6-16-9-11/h1-4,6,8-10H,5,7H2. The Morgan fingerprint density at radius 2 is 2.22 bits per heavy atom. The van der Waals surface area contributed by atoms with E-state index in [2.05, 4.69) is 4.98 Å². The molecular formula is C14H12ClNO2. The molecule has 18 heavy (non-hydrogen) atoms. The lowest BCUT2D eigenvalue weighted by Gasteiger charge is -2.08. The summed E-state index contributed by atoms with van der Waals surface area (Å²) in [5.41, 5.74) is 1.56. The smallest absolute Gasteiger partial charge is 0.153 e. The van der Waals surface area contributed by atoms with Gasteiger partial charge in [0.25, 0.3) is 0 Å². The summed E-state index contributed by atoms with van der Waals surface area (Å²) in [5.74, 6) is 0.554. The minimum Gasteiger partial charge on any atom is -0.492 e. The van der Waals surface area contributed by atoms with Crippen molar-refractivity contribution in [2.24, 2.45) is 0 Å². The highest BCUT2D eigenvalue weighted by atomic mass is 35.5. The molecule has 2 rings (SSSR count). The van der Waals surface area contributed by atoms with Crippen LogP contribution in [0.5, 0.6) is 5.75 Å². The van der Waals surface area contributed by atoms with Gasteiger partial charge in [-0.3, -0.25) is 9.78 Å². The molecule has 0 bridgehead atoms. The fourth-order valence-electron chi connectivity index (χ4n) is 1.57. The van der Waals surface area contributed by atoms with Gasteiger partial charge in [0.15, 0.2) is 6.29 Å². The third-order valence-electron chi connectivity index (χ3n) is 2.47. The highest BCUT2D eigenvalue weighted by Gasteiger charge is 2.03. The second kappa shape index (κ2) is 6.17. The van der Waals surface area contributed by atoms with Crippen molar-refractivity contribution in [2.75, 3.05) is 6.61 Å². The molecule has 2 aromatic rings. The van der Waals surface area contributed by atoms with Gasteiger partial charge in [-0.1, -0.05) is 17.7 Å². The predicted octanol–water partition coefficient (Wildman–Crippen LogP) is 3.17. The third kappa shape index (κ3) is 3.31. The lowest BCUT2D eigenvalue weighted by molar-refractivity contribution is 0.111. The van der Waals surface area contributed by atoms with Gasteiger partial charge in [-0.25, -0.2) is 0 Å². The van der Waals surface area contributed by atoms with Gasteiger partial charge in [0, 0.05) is 23.8 Å². The van der Waals surface area contributed by atoms with Gasteiger partial charge in [0.2, 0.25) is 0 Å². The molecule has 0 saturated heterocycles. The number of aldehydes is 1. The van der Waals surface area contributed by atoms with E-state index in [4.69, 9.17) is 16.3 Å². The summed E-state index contributed by atoms with van der Waals surface area (Å²) < 4.78 is 5.57. The van der Waals surface area contributed by atoms with Crippen molar-refractivity contribution in [3.8, 4) is 5.75 Å². The SMILES string of the molecule is O=Cc1cc(Cl)ccc1OCCc1cccnc1. The third-order valence-corrected chi connectivity index (χ3v) is 2.70. The molecule has 92 valence electrons. The number of rotatable bonds is 5. The number of halogens is 1. The van der Waals surface area contributed by atoms with E-state index in [1.165, 1.54) is 0 Å². The molecule has 0 amide bonds. The van der Waals surface area contributed by atoms with Crippen LogP contribution in [0.4, 0.5) is 0 Å². The van der Waals surface area contributed by atoms with Crippen LogP contribution in [-0.4, -0.2) is 17.9 Å². The van der Waals surface area contributed by atoms with Gasteiger partial charge in [-0.05, 0) is 29.8 Å². The molecule has 4 heteroatoms. The number of hydrogen-bond donors (Lipinski definition) is 0. The average molecular weight is 262 g/mol. The van der Waals surface area contributed by atoms with Crippen LogP contribution in [-0.2, 0) is 6.42 Å². The van der Waals surface area contributed by atoms with Crippen molar-refractivity contribution in [2.45, 2.75) is 6.42 Å². The molecule has 0 aliphatic carbocycles. The maximum absolute atomic E-state index is 10.9. The van der Waals surface area contributed by atoms with E-state index in [9.17, 15) is 4.79 Å². The van der Waals surface area contributed by atoms with E-state index in [0.29, 0.717) is 22.9 Å². The highest BCUT2D eigenvalue weighted by molar-refractivity contribution is 6.30. The van der Waals surface area contributed by atoms with Crippen LogP contribution in [0.3, 0.4) is 0 Å². The van der Waals surface area contributed by atoms with E-state index in [1.54, 1.807) is 30.6 Å².